The molecule has 0 aliphatic rings. The molecule has 0 saturated heterocycles. The van der Waals surface area contributed by atoms with Crippen molar-refractivity contribution in [2.45, 2.75) is 0 Å². The topological polar surface area (TPSA) is 38.9 Å². The molecule has 0 unspecified atom stereocenters. The van der Waals surface area contributed by atoms with E-state index in [0.717, 1.165) is 16.5 Å². The molecular formula is C12H5BrCl2N2O. The molecule has 6 heteroatoms. The highest BCUT2D eigenvalue weighted by Gasteiger charge is 2.14. The van der Waals surface area contributed by atoms with Crippen LogP contribution >= 0.6 is 39.1 Å². The minimum Gasteiger partial charge on any atom is -0.464 e. The van der Waals surface area contributed by atoms with Crippen LogP contribution in [0, 0.1) is 0 Å². The summed E-state index contributed by atoms with van der Waals surface area (Å²) in [6, 6.07) is 7.63. The summed E-state index contributed by atoms with van der Waals surface area (Å²) in [5, 5.41) is 1.47. The predicted molar refractivity (Wildman–Crippen MR) is 75.0 cm³/mol. The van der Waals surface area contributed by atoms with Crippen LogP contribution in [0.2, 0.25) is 10.3 Å². The normalized spacial score (nSPS) is 11.1. The van der Waals surface area contributed by atoms with E-state index in [0.29, 0.717) is 10.3 Å². The van der Waals surface area contributed by atoms with Crippen LogP contribution in [-0.2, 0) is 0 Å². The number of rotatable bonds is 1. The summed E-state index contributed by atoms with van der Waals surface area (Å²) in [5.41, 5.74) is 1.54. The van der Waals surface area contributed by atoms with Gasteiger partial charge in [0.15, 0.2) is 5.82 Å². The maximum Gasteiger partial charge on any atom is 0.166 e. The van der Waals surface area contributed by atoms with E-state index in [1.165, 1.54) is 0 Å². The maximum absolute atomic E-state index is 5.97. The van der Waals surface area contributed by atoms with Crippen molar-refractivity contribution in [2.24, 2.45) is 0 Å². The first-order valence-corrected chi connectivity index (χ1v) is 6.57. The molecule has 0 radical (unpaired) electrons. The number of hydrogen-bond acceptors (Lipinski definition) is 3. The zero-order valence-electron chi connectivity index (χ0n) is 8.82. The summed E-state index contributed by atoms with van der Waals surface area (Å²) in [6.07, 6.45) is 1.60. The van der Waals surface area contributed by atoms with Crippen molar-refractivity contribution in [3.63, 3.8) is 0 Å². The second-order valence-electron chi connectivity index (χ2n) is 3.59. The molecule has 90 valence electrons. The zero-order chi connectivity index (χ0) is 12.7. The Hall–Kier alpha value is -1.10. The van der Waals surface area contributed by atoms with E-state index in [-0.39, 0.29) is 10.3 Å². The van der Waals surface area contributed by atoms with Gasteiger partial charge in [-0.3, -0.25) is 0 Å². The standard InChI is InChI=1S/C12H5BrCl2N2O/c13-9-10(14)16-12(17-11(9)15)7-5-18-8-4-2-1-3-6(7)8/h1-5H. The average molecular weight is 344 g/mol. The predicted octanol–water partition coefficient (Wildman–Crippen LogP) is 4.96. The Bertz CT molecular complexity index is 719. The Balaban J connectivity index is 2.26. The van der Waals surface area contributed by atoms with Gasteiger partial charge in [0.2, 0.25) is 0 Å². The second kappa shape index (κ2) is 4.53. The molecule has 0 spiro atoms. The molecule has 3 nitrogen and oxygen atoms in total. The quantitative estimate of drug-likeness (QED) is 0.586. The fraction of sp³-hybridized carbons (Fsp3) is 0. The molecule has 3 aromatic rings. The van der Waals surface area contributed by atoms with E-state index in [1.54, 1.807) is 6.26 Å². The Morgan fingerprint density at radius 2 is 1.72 bits per heavy atom. The Labute approximate surface area is 121 Å². The molecular weight excluding hydrogens is 339 g/mol. The SMILES string of the molecule is Clc1nc(-c2coc3ccccc23)nc(Cl)c1Br. The number of fused-ring (bicyclic) bond motifs is 1. The molecule has 1 aromatic carbocycles. The highest BCUT2D eigenvalue weighted by molar-refractivity contribution is 9.10. The molecule has 0 bridgehead atoms. The van der Waals surface area contributed by atoms with Crippen LogP contribution in [0.4, 0.5) is 0 Å². The molecule has 0 aliphatic carbocycles. The van der Waals surface area contributed by atoms with E-state index >= 15 is 0 Å². The van der Waals surface area contributed by atoms with Crippen LogP contribution in [0.15, 0.2) is 39.4 Å². The monoisotopic (exact) mass is 342 g/mol. The molecule has 0 N–H and O–H groups in total. The van der Waals surface area contributed by atoms with Crippen molar-refractivity contribution in [2.75, 3.05) is 0 Å². The van der Waals surface area contributed by atoms with Gasteiger partial charge in [-0.2, -0.15) is 0 Å². The third-order valence-corrected chi connectivity index (χ3v) is 4.25. The Morgan fingerprint density at radius 3 is 2.44 bits per heavy atom. The molecule has 0 saturated carbocycles. The van der Waals surface area contributed by atoms with Crippen LogP contribution in [0.5, 0.6) is 0 Å². The number of nitrogens with zero attached hydrogens (tertiary/aromatic N) is 2. The molecule has 0 amide bonds. The lowest BCUT2D eigenvalue weighted by Crippen LogP contribution is -1.91. The lowest BCUT2D eigenvalue weighted by molar-refractivity contribution is 0.616. The minimum absolute atomic E-state index is 0.273. The van der Waals surface area contributed by atoms with Gasteiger partial charge in [-0.25, -0.2) is 9.97 Å². The van der Waals surface area contributed by atoms with Crippen LogP contribution in [0.25, 0.3) is 22.4 Å². The van der Waals surface area contributed by atoms with E-state index in [2.05, 4.69) is 25.9 Å². The molecule has 0 fully saturated rings. The van der Waals surface area contributed by atoms with Crippen molar-refractivity contribution in [3.05, 3.63) is 45.3 Å². The highest BCUT2D eigenvalue weighted by Crippen LogP contribution is 2.33. The first kappa shape index (κ1) is 12.0. The van der Waals surface area contributed by atoms with E-state index < -0.39 is 0 Å². The molecule has 3 rings (SSSR count). The van der Waals surface area contributed by atoms with Gasteiger partial charge >= 0.3 is 0 Å². The van der Waals surface area contributed by atoms with Gasteiger partial charge in [-0.1, -0.05) is 41.4 Å². The van der Waals surface area contributed by atoms with Crippen LogP contribution in [0.3, 0.4) is 0 Å². The van der Waals surface area contributed by atoms with Gasteiger partial charge in [-0.15, -0.1) is 0 Å². The summed E-state index contributed by atoms with van der Waals surface area (Å²) in [6.45, 7) is 0. The number of furan rings is 1. The van der Waals surface area contributed by atoms with Gasteiger partial charge in [-0.05, 0) is 22.0 Å². The summed E-state index contributed by atoms with van der Waals surface area (Å²) in [7, 11) is 0. The highest BCUT2D eigenvalue weighted by atomic mass is 79.9. The maximum atomic E-state index is 5.97. The van der Waals surface area contributed by atoms with Crippen molar-refractivity contribution in [1.29, 1.82) is 0 Å². The number of halogens is 3. The summed E-state index contributed by atoms with van der Waals surface area (Å²) in [4.78, 5) is 8.38. The Morgan fingerprint density at radius 1 is 1.06 bits per heavy atom. The van der Waals surface area contributed by atoms with Gasteiger partial charge in [0, 0.05) is 5.39 Å². The second-order valence-corrected chi connectivity index (χ2v) is 5.10. The van der Waals surface area contributed by atoms with E-state index in [9.17, 15) is 0 Å². The fourth-order valence-electron chi connectivity index (χ4n) is 1.67. The lowest BCUT2D eigenvalue weighted by Gasteiger charge is -2.01. The van der Waals surface area contributed by atoms with Gasteiger partial charge < -0.3 is 4.42 Å². The van der Waals surface area contributed by atoms with Gasteiger partial charge in [0.1, 0.15) is 22.2 Å². The van der Waals surface area contributed by atoms with E-state index in [1.807, 2.05) is 24.3 Å². The number of hydrogen-bond donors (Lipinski definition) is 0. The molecule has 2 heterocycles. The third kappa shape index (κ3) is 1.90. The van der Waals surface area contributed by atoms with Crippen molar-refractivity contribution < 1.29 is 4.42 Å². The first-order valence-electron chi connectivity index (χ1n) is 5.02. The summed E-state index contributed by atoms with van der Waals surface area (Å²) >= 11 is 15.2. The van der Waals surface area contributed by atoms with Crippen LogP contribution < -0.4 is 0 Å². The lowest BCUT2D eigenvalue weighted by atomic mass is 10.1. The molecule has 2 aromatic heterocycles. The summed E-state index contributed by atoms with van der Waals surface area (Å²) < 4.78 is 5.92. The number of aromatic nitrogens is 2. The van der Waals surface area contributed by atoms with Crippen molar-refractivity contribution >= 4 is 50.1 Å². The van der Waals surface area contributed by atoms with Crippen molar-refractivity contribution in [3.8, 4) is 11.4 Å². The fourth-order valence-corrected chi connectivity index (χ4v) is 2.23. The van der Waals surface area contributed by atoms with E-state index in [4.69, 9.17) is 27.6 Å². The van der Waals surface area contributed by atoms with Gasteiger partial charge in [0.05, 0.1) is 10.0 Å². The van der Waals surface area contributed by atoms with Crippen LogP contribution in [0.1, 0.15) is 0 Å². The average Bonchev–Trinajstić information content (AvgIpc) is 2.79. The molecule has 18 heavy (non-hydrogen) atoms. The number of benzene rings is 1. The minimum atomic E-state index is 0.273. The smallest absolute Gasteiger partial charge is 0.166 e. The molecule has 0 aliphatic heterocycles. The van der Waals surface area contributed by atoms with Gasteiger partial charge in [0.25, 0.3) is 0 Å². The van der Waals surface area contributed by atoms with Crippen molar-refractivity contribution in [1.82, 2.24) is 9.97 Å². The third-order valence-electron chi connectivity index (χ3n) is 2.49. The summed E-state index contributed by atoms with van der Waals surface area (Å²) in [5.74, 6) is 0.443. The zero-order valence-corrected chi connectivity index (χ0v) is 11.9. The largest absolute Gasteiger partial charge is 0.464 e. The Kier molecular flexibility index (Phi) is 3.01. The number of para-hydroxylation sites is 1. The molecule has 0 atom stereocenters. The van der Waals surface area contributed by atoms with Crippen LogP contribution in [-0.4, -0.2) is 9.97 Å². The first-order chi connectivity index (χ1) is 8.66.